The van der Waals surface area contributed by atoms with Crippen LogP contribution in [0.3, 0.4) is 0 Å². The number of methoxy groups -OCH3 is 3. The van der Waals surface area contributed by atoms with Gasteiger partial charge in [0.1, 0.15) is 5.75 Å². The van der Waals surface area contributed by atoms with E-state index in [1.807, 2.05) is 6.07 Å². The first-order chi connectivity index (χ1) is 17.7. The molecule has 3 aromatic carbocycles. The van der Waals surface area contributed by atoms with Crippen LogP contribution in [0, 0.1) is 0 Å². The van der Waals surface area contributed by atoms with E-state index >= 15 is 0 Å². The van der Waals surface area contributed by atoms with Gasteiger partial charge in [-0.25, -0.2) is 0 Å². The van der Waals surface area contributed by atoms with Crippen LogP contribution in [0.15, 0.2) is 66.7 Å². The maximum atomic E-state index is 6.19. The number of piperazine rings is 1. The fourth-order valence-corrected chi connectivity index (χ4v) is 4.78. The van der Waals surface area contributed by atoms with Crippen molar-refractivity contribution in [2.24, 2.45) is 0 Å². The Hall–Kier alpha value is -3.22. The molecule has 1 saturated heterocycles. The van der Waals surface area contributed by atoms with Crippen molar-refractivity contribution in [3.63, 3.8) is 0 Å². The van der Waals surface area contributed by atoms with Crippen molar-refractivity contribution in [1.29, 1.82) is 0 Å². The number of hydrogen-bond acceptors (Lipinski definition) is 6. The summed E-state index contributed by atoms with van der Waals surface area (Å²) in [5.74, 6) is 3.09. The summed E-state index contributed by atoms with van der Waals surface area (Å²) in [6.07, 6.45) is 1.91. The normalized spacial score (nSPS) is 14.4. The fourth-order valence-electron chi connectivity index (χ4n) is 4.78. The molecule has 0 radical (unpaired) electrons. The molecule has 0 amide bonds. The standard InChI is InChI=1S/C30H38N2O4/c1-33-28-15-14-26(29(34-2)30(28)35-3)23-32-19-17-31(18-20-32)16-9-21-36-27-13-8-7-12-25(27)22-24-10-5-4-6-11-24/h4-8,10-15H,9,16-23H2,1-3H3. The SMILES string of the molecule is COc1ccc(CN2CCN(CCCOc3ccccc3Cc3ccccc3)CC2)c(OC)c1OC. The van der Waals surface area contributed by atoms with Crippen LogP contribution in [0.4, 0.5) is 0 Å². The highest BCUT2D eigenvalue weighted by Gasteiger charge is 2.21. The molecule has 0 unspecified atom stereocenters. The second-order valence-corrected chi connectivity index (χ2v) is 9.08. The Morgan fingerprint density at radius 2 is 1.33 bits per heavy atom. The van der Waals surface area contributed by atoms with Gasteiger partial charge >= 0.3 is 0 Å². The number of rotatable bonds is 12. The van der Waals surface area contributed by atoms with Gasteiger partial charge in [0.25, 0.3) is 0 Å². The summed E-state index contributed by atoms with van der Waals surface area (Å²) in [5.41, 5.74) is 3.66. The molecule has 0 N–H and O–H groups in total. The van der Waals surface area contributed by atoms with Gasteiger partial charge in [-0.15, -0.1) is 0 Å². The van der Waals surface area contributed by atoms with Gasteiger partial charge in [-0.3, -0.25) is 4.90 Å². The molecule has 1 aliphatic rings. The maximum absolute atomic E-state index is 6.19. The van der Waals surface area contributed by atoms with E-state index in [2.05, 4.69) is 70.5 Å². The zero-order valence-electron chi connectivity index (χ0n) is 21.7. The number of ether oxygens (including phenoxy) is 4. The van der Waals surface area contributed by atoms with Gasteiger partial charge in [-0.2, -0.15) is 0 Å². The molecule has 6 nitrogen and oxygen atoms in total. The predicted molar refractivity (Wildman–Crippen MR) is 144 cm³/mol. The Kier molecular flexibility index (Phi) is 9.47. The smallest absolute Gasteiger partial charge is 0.203 e. The van der Waals surface area contributed by atoms with E-state index < -0.39 is 0 Å². The summed E-state index contributed by atoms with van der Waals surface area (Å²) in [4.78, 5) is 5.00. The van der Waals surface area contributed by atoms with Crippen LogP contribution in [0.1, 0.15) is 23.1 Å². The number of hydrogen-bond donors (Lipinski definition) is 0. The molecule has 36 heavy (non-hydrogen) atoms. The molecule has 6 heteroatoms. The monoisotopic (exact) mass is 490 g/mol. The van der Waals surface area contributed by atoms with E-state index in [0.29, 0.717) is 11.5 Å². The van der Waals surface area contributed by atoms with Crippen molar-refractivity contribution in [2.75, 3.05) is 60.7 Å². The van der Waals surface area contributed by atoms with Crippen molar-refractivity contribution >= 4 is 0 Å². The van der Waals surface area contributed by atoms with E-state index in [0.717, 1.165) is 75.8 Å². The molecule has 0 atom stereocenters. The third kappa shape index (κ3) is 6.71. The Morgan fingerprint density at radius 1 is 0.639 bits per heavy atom. The summed E-state index contributed by atoms with van der Waals surface area (Å²) in [6.45, 7) is 6.78. The molecule has 0 aromatic heterocycles. The Bertz CT molecular complexity index is 1080. The third-order valence-corrected chi connectivity index (χ3v) is 6.73. The highest BCUT2D eigenvalue weighted by molar-refractivity contribution is 5.55. The van der Waals surface area contributed by atoms with Crippen LogP contribution >= 0.6 is 0 Å². The van der Waals surface area contributed by atoms with E-state index in [1.165, 1.54) is 11.1 Å². The van der Waals surface area contributed by atoms with Crippen molar-refractivity contribution in [2.45, 2.75) is 19.4 Å². The number of para-hydroxylation sites is 1. The minimum absolute atomic E-state index is 0.654. The van der Waals surface area contributed by atoms with E-state index in [4.69, 9.17) is 18.9 Å². The molecule has 4 rings (SSSR count). The zero-order valence-corrected chi connectivity index (χ0v) is 21.7. The summed E-state index contributed by atoms with van der Waals surface area (Å²) < 4.78 is 22.8. The van der Waals surface area contributed by atoms with Crippen LogP contribution in [0.25, 0.3) is 0 Å². The molecular weight excluding hydrogens is 452 g/mol. The van der Waals surface area contributed by atoms with Crippen molar-refractivity contribution in [3.05, 3.63) is 83.4 Å². The lowest BCUT2D eigenvalue weighted by molar-refractivity contribution is 0.120. The van der Waals surface area contributed by atoms with Gasteiger partial charge in [0.2, 0.25) is 5.75 Å². The second-order valence-electron chi connectivity index (χ2n) is 9.08. The lowest BCUT2D eigenvalue weighted by Crippen LogP contribution is -2.46. The van der Waals surface area contributed by atoms with Crippen LogP contribution < -0.4 is 18.9 Å². The highest BCUT2D eigenvalue weighted by atomic mass is 16.5. The molecule has 0 spiro atoms. The minimum atomic E-state index is 0.654. The summed E-state index contributed by atoms with van der Waals surface area (Å²) in [7, 11) is 4.97. The summed E-state index contributed by atoms with van der Waals surface area (Å²) >= 11 is 0. The first-order valence-corrected chi connectivity index (χ1v) is 12.7. The van der Waals surface area contributed by atoms with Gasteiger partial charge in [0.05, 0.1) is 27.9 Å². The van der Waals surface area contributed by atoms with Crippen LogP contribution in [0.5, 0.6) is 23.0 Å². The molecule has 0 bridgehead atoms. The number of benzene rings is 3. The fraction of sp³-hybridized carbons (Fsp3) is 0.400. The third-order valence-electron chi connectivity index (χ3n) is 6.73. The van der Waals surface area contributed by atoms with Gasteiger partial charge in [0.15, 0.2) is 11.5 Å². The topological polar surface area (TPSA) is 43.4 Å². The second kappa shape index (κ2) is 13.2. The number of nitrogens with zero attached hydrogens (tertiary/aromatic N) is 2. The minimum Gasteiger partial charge on any atom is -0.493 e. The molecule has 1 aliphatic heterocycles. The largest absolute Gasteiger partial charge is 0.493 e. The molecule has 1 fully saturated rings. The molecular formula is C30H38N2O4. The van der Waals surface area contributed by atoms with Gasteiger partial charge in [-0.1, -0.05) is 54.6 Å². The quantitative estimate of drug-likeness (QED) is 0.337. The predicted octanol–water partition coefficient (Wildman–Crippen LogP) is 4.89. The van der Waals surface area contributed by atoms with Crippen molar-refractivity contribution < 1.29 is 18.9 Å². The molecule has 0 aliphatic carbocycles. The van der Waals surface area contributed by atoms with Crippen molar-refractivity contribution in [1.82, 2.24) is 9.80 Å². The zero-order chi connectivity index (χ0) is 25.2. The van der Waals surface area contributed by atoms with Crippen molar-refractivity contribution in [3.8, 4) is 23.0 Å². The summed E-state index contributed by atoms with van der Waals surface area (Å²) in [6, 6.07) is 23.0. The highest BCUT2D eigenvalue weighted by Crippen LogP contribution is 2.40. The van der Waals surface area contributed by atoms with E-state index in [-0.39, 0.29) is 0 Å². The van der Waals surface area contributed by atoms with Crippen LogP contribution in [0.2, 0.25) is 0 Å². The Balaban J connectivity index is 1.21. The Morgan fingerprint density at radius 3 is 2.06 bits per heavy atom. The molecule has 192 valence electrons. The van der Waals surface area contributed by atoms with Gasteiger partial charge in [0, 0.05) is 51.3 Å². The average Bonchev–Trinajstić information content (AvgIpc) is 2.93. The van der Waals surface area contributed by atoms with Crippen LogP contribution in [-0.2, 0) is 13.0 Å². The lowest BCUT2D eigenvalue weighted by atomic mass is 10.0. The maximum Gasteiger partial charge on any atom is 0.203 e. The van der Waals surface area contributed by atoms with E-state index in [1.54, 1.807) is 21.3 Å². The lowest BCUT2D eigenvalue weighted by Gasteiger charge is -2.35. The molecule has 3 aromatic rings. The van der Waals surface area contributed by atoms with Gasteiger partial charge < -0.3 is 23.8 Å². The average molecular weight is 491 g/mol. The van der Waals surface area contributed by atoms with Gasteiger partial charge in [-0.05, 0) is 29.7 Å². The van der Waals surface area contributed by atoms with Crippen LogP contribution in [-0.4, -0.2) is 70.5 Å². The molecule has 0 saturated carbocycles. The summed E-state index contributed by atoms with van der Waals surface area (Å²) in [5, 5.41) is 0. The Labute approximate surface area is 215 Å². The first kappa shape index (κ1) is 25.9. The van der Waals surface area contributed by atoms with E-state index in [9.17, 15) is 0 Å². The first-order valence-electron chi connectivity index (χ1n) is 12.7. The molecule has 1 heterocycles.